The molecule has 0 saturated carbocycles. The Morgan fingerprint density at radius 1 is 1.78 bits per heavy atom. The van der Waals surface area contributed by atoms with Crippen molar-refractivity contribution < 1.29 is 9.90 Å². The molecule has 0 fully saturated rings. The number of thiol groups is 1. The third-order valence-corrected chi connectivity index (χ3v) is 1.32. The van der Waals surface area contributed by atoms with Gasteiger partial charge in [-0.2, -0.15) is 0 Å². The SMILES string of the molecule is CCCCN(S)C(=O)O. The van der Waals surface area contributed by atoms with Crippen LogP contribution in [0.5, 0.6) is 0 Å². The molecule has 1 amide bonds. The topological polar surface area (TPSA) is 40.5 Å². The van der Waals surface area contributed by atoms with Gasteiger partial charge in [0.1, 0.15) is 0 Å². The maximum atomic E-state index is 10.1. The Labute approximate surface area is 60.2 Å². The first-order valence-electron chi connectivity index (χ1n) is 2.87. The van der Waals surface area contributed by atoms with Crippen LogP contribution in [-0.4, -0.2) is 22.0 Å². The van der Waals surface area contributed by atoms with E-state index in [9.17, 15) is 4.79 Å². The third-order valence-electron chi connectivity index (χ3n) is 0.944. The maximum Gasteiger partial charge on any atom is 0.417 e. The summed E-state index contributed by atoms with van der Waals surface area (Å²) in [5.41, 5.74) is 0. The summed E-state index contributed by atoms with van der Waals surface area (Å²) in [6.07, 6.45) is 0.881. The highest BCUT2D eigenvalue weighted by Crippen LogP contribution is 1.97. The van der Waals surface area contributed by atoms with E-state index in [-0.39, 0.29) is 0 Å². The molecule has 4 heteroatoms. The van der Waals surface area contributed by atoms with Crippen LogP contribution in [0, 0.1) is 0 Å². The molecule has 0 spiro atoms. The van der Waals surface area contributed by atoms with E-state index in [4.69, 9.17) is 5.11 Å². The molecular formula is C5H11NO2S. The molecule has 9 heavy (non-hydrogen) atoms. The molecule has 0 heterocycles. The molecule has 54 valence electrons. The lowest BCUT2D eigenvalue weighted by Gasteiger charge is -2.08. The average molecular weight is 149 g/mol. The van der Waals surface area contributed by atoms with E-state index in [0.29, 0.717) is 6.54 Å². The van der Waals surface area contributed by atoms with Gasteiger partial charge in [0.25, 0.3) is 0 Å². The van der Waals surface area contributed by atoms with Crippen molar-refractivity contribution in [2.75, 3.05) is 6.54 Å². The van der Waals surface area contributed by atoms with E-state index in [2.05, 4.69) is 12.8 Å². The molecule has 0 aromatic carbocycles. The zero-order valence-corrected chi connectivity index (χ0v) is 6.27. The Bertz CT molecular complexity index is 97.0. The van der Waals surface area contributed by atoms with Gasteiger partial charge in [0.05, 0.1) is 0 Å². The Balaban J connectivity index is 3.27. The number of hydrogen-bond donors (Lipinski definition) is 2. The minimum atomic E-state index is -0.980. The van der Waals surface area contributed by atoms with Crippen molar-refractivity contribution in [2.45, 2.75) is 19.8 Å². The van der Waals surface area contributed by atoms with Gasteiger partial charge in [-0.05, 0) is 6.42 Å². The number of rotatable bonds is 3. The highest BCUT2D eigenvalue weighted by Gasteiger charge is 2.03. The number of unbranched alkanes of at least 4 members (excludes halogenated alkanes) is 1. The first-order chi connectivity index (χ1) is 4.18. The molecule has 0 unspecified atom stereocenters. The van der Waals surface area contributed by atoms with Crippen molar-refractivity contribution in [3.8, 4) is 0 Å². The van der Waals surface area contributed by atoms with Gasteiger partial charge in [0.2, 0.25) is 0 Å². The highest BCUT2D eigenvalue weighted by atomic mass is 32.1. The lowest BCUT2D eigenvalue weighted by molar-refractivity contribution is 0.175. The quantitative estimate of drug-likeness (QED) is 0.598. The van der Waals surface area contributed by atoms with Gasteiger partial charge in [-0.15, -0.1) is 0 Å². The molecule has 0 aliphatic rings. The monoisotopic (exact) mass is 149 g/mol. The number of amides is 1. The second-order valence-corrected chi connectivity index (χ2v) is 2.24. The summed E-state index contributed by atoms with van der Waals surface area (Å²) in [5.74, 6) is 0. The van der Waals surface area contributed by atoms with Crippen LogP contribution in [0.3, 0.4) is 0 Å². The Morgan fingerprint density at radius 2 is 2.33 bits per heavy atom. The molecule has 0 atom stereocenters. The molecule has 0 rings (SSSR count). The molecule has 0 bridgehead atoms. The Hall–Kier alpha value is -0.380. The molecule has 1 N–H and O–H groups in total. The second-order valence-electron chi connectivity index (χ2n) is 1.76. The minimum Gasteiger partial charge on any atom is -0.464 e. The van der Waals surface area contributed by atoms with E-state index < -0.39 is 6.09 Å². The van der Waals surface area contributed by atoms with E-state index in [1.165, 1.54) is 0 Å². The predicted molar refractivity (Wildman–Crippen MR) is 38.6 cm³/mol. The summed E-state index contributed by atoms with van der Waals surface area (Å²) >= 11 is 3.69. The fraction of sp³-hybridized carbons (Fsp3) is 0.800. The van der Waals surface area contributed by atoms with E-state index in [1.807, 2.05) is 6.92 Å². The van der Waals surface area contributed by atoms with Crippen LogP contribution in [0.15, 0.2) is 0 Å². The van der Waals surface area contributed by atoms with Crippen LogP contribution in [0.4, 0.5) is 4.79 Å². The van der Waals surface area contributed by atoms with Crippen molar-refractivity contribution >= 4 is 18.9 Å². The molecule has 0 aliphatic carbocycles. The minimum absolute atomic E-state index is 0.509. The number of nitrogens with zero attached hydrogens (tertiary/aromatic N) is 1. The Kier molecular flexibility index (Phi) is 4.30. The first kappa shape index (κ1) is 8.62. The van der Waals surface area contributed by atoms with E-state index in [1.54, 1.807) is 0 Å². The molecule has 0 aliphatic heterocycles. The molecule has 0 radical (unpaired) electrons. The van der Waals surface area contributed by atoms with Gasteiger partial charge in [-0.3, -0.25) is 4.31 Å². The summed E-state index contributed by atoms with van der Waals surface area (Å²) in [7, 11) is 0. The molecule has 3 nitrogen and oxygen atoms in total. The van der Waals surface area contributed by atoms with E-state index in [0.717, 1.165) is 17.1 Å². The van der Waals surface area contributed by atoms with Crippen molar-refractivity contribution in [1.82, 2.24) is 4.31 Å². The van der Waals surface area contributed by atoms with Crippen LogP contribution in [0.2, 0.25) is 0 Å². The second kappa shape index (κ2) is 4.49. The first-order valence-corrected chi connectivity index (χ1v) is 3.27. The number of carboxylic acid groups (broad SMARTS) is 1. The lowest BCUT2D eigenvalue weighted by Crippen LogP contribution is -2.19. The van der Waals surface area contributed by atoms with Gasteiger partial charge >= 0.3 is 6.09 Å². The normalized spacial score (nSPS) is 9.11. The maximum absolute atomic E-state index is 10.1. The third kappa shape index (κ3) is 4.14. The van der Waals surface area contributed by atoms with Crippen LogP contribution >= 0.6 is 12.8 Å². The molecule has 0 saturated heterocycles. The summed E-state index contributed by atoms with van der Waals surface area (Å²) in [4.78, 5) is 10.1. The molecule has 0 aromatic rings. The molecular weight excluding hydrogens is 138 g/mol. The smallest absolute Gasteiger partial charge is 0.417 e. The van der Waals surface area contributed by atoms with Crippen molar-refractivity contribution in [3.05, 3.63) is 0 Å². The lowest BCUT2D eigenvalue weighted by atomic mass is 10.3. The number of carbonyl (C=O) groups is 1. The van der Waals surface area contributed by atoms with Gasteiger partial charge < -0.3 is 5.11 Å². The standard InChI is InChI=1S/C5H11NO2S/c1-2-3-4-6(9)5(7)8/h9H,2-4H2,1H3,(H,7,8). The van der Waals surface area contributed by atoms with E-state index >= 15 is 0 Å². The van der Waals surface area contributed by atoms with Gasteiger partial charge in [-0.1, -0.05) is 26.2 Å². The average Bonchev–Trinajstić information content (AvgIpc) is 1.82. The summed E-state index contributed by atoms with van der Waals surface area (Å²) in [6, 6.07) is 0. The molecule has 0 aromatic heterocycles. The summed E-state index contributed by atoms with van der Waals surface area (Å²) in [5, 5.41) is 8.26. The van der Waals surface area contributed by atoms with Crippen molar-refractivity contribution in [3.63, 3.8) is 0 Å². The van der Waals surface area contributed by atoms with Crippen molar-refractivity contribution in [2.24, 2.45) is 0 Å². The van der Waals surface area contributed by atoms with Gasteiger partial charge in [0.15, 0.2) is 0 Å². The zero-order valence-electron chi connectivity index (χ0n) is 5.37. The fourth-order valence-corrected chi connectivity index (χ4v) is 0.545. The fourth-order valence-electron chi connectivity index (χ4n) is 0.404. The zero-order chi connectivity index (χ0) is 7.28. The van der Waals surface area contributed by atoms with Gasteiger partial charge in [-0.25, -0.2) is 4.79 Å². The van der Waals surface area contributed by atoms with Gasteiger partial charge in [0, 0.05) is 6.54 Å². The summed E-state index contributed by atoms with van der Waals surface area (Å²) < 4.78 is 0.990. The largest absolute Gasteiger partial charge is 0.464 e. The highest BCUT2D eigenvalue weighted by molar-refractivity contribution is 7.78. The Morgan fingerprint density at radius 3 is 2.67 bits per heavy atom. The van der Waals surface area contributed by atoms with Crippen LogP contribution in [-0.2, 0) is 0 Å². The van der Waals surface area contributed by atoms with Crippen LogP contribution in [0.1, 0.15) is 19.8 Å². The number of hydrogen-bond acceptors (Lipinski definition) is 2. The summed E-state index contributed by atoms with van der Waals surface area (Å²) in [6.45, 7) is 2.51. The van der Waals surface area contributed by atoms with Crippen molar-refractivity contribution in [1.29, 1.82) is 0 Å². The predicted octanol–water partition coefficient (Wildman–Crippen LogP) is 1.61. The van der Waals surface area contributed by atoms with Crippen LogP contribution < -0.4 is 0 Å². The van der Waals surface area contributed by atoms with Crippen LogP contribution in [0.25, 0.3) is 0 Å².